The van der Waals surface area contributed by atoms with Crippen molar-refractivity contribution in [3.05, 3.63) is 58.1 Å². The summed E-state index contributed by atoms with van der Waals surface area (Å²) in [5.41, 5.74) is 3.26. The van der Waals surface area contributed by atoms with Gasteiger partial charge in [0.2, 0.25) is 0 Å². The van der Waals surface area contributed by atoms with Crippen LogP contribution in [0, 0.1) is 0 Å². The predicted molar refractivity (Wildman–Crippen MR) is 121 cm³/mol. The zero-order chi connectivity index (χ0) is 22.8. The van der Waals surface area contributed by atoms with E-state index >= 15 is 0 Å². The minimum Gasteiger partial charge on any atom is -0.484 e. The molecule has 0 bridgehead atoms. The molecule has 10 heteroatoms. The number of nitrogens with one attached hydrogen (secondary N) is 3. The number of anilines is 1. The largest absolute Gasteiger partial charge is 0.484 e. The van der Waals surface area contributed by atoms with Crippen LogP contribution in [-0.2, 0) is 14.4 Å². The third-order valence-corrected chi connectivity index (χ3v) is 4.58. The molecule has 3 amide bonds. The van der Waals surface area contributed by atoms with E-state index in [0.29, 0.717) is 33.5 Å². The van der Waals surface area contributed by atoms with E-state index in [1.165, 1.54) is 12.3 Å². The van der Waals surface area contributed by atoms with Gasteiger partial charge in [-0.2, -0.15) is 5.10 Å². The van der Waals surface area contributed by atoms with Crippen LogP contribution in [0.1, 0.15) is 25.8 Å². The van der Waals surface area contributed by atoms with Crippen LogP contribution in [0.15, 0.2) is 47.6 Å². The smallest absolute Gasteiger partial charge is 0.329 e. The summed E-state index contributed by atoms with van der Waals surface area (Å²) in [5.74, 6) is -1.50. The highest BCUT2D eigenvalue weighted by Crippen LogP contribution is 2.25. The fourth-order valence-electron chi connectivity index (χ4n) is 2.18. The molecule has 0 saturated carbocycles. The zero-order valence-electron chi connectivity index (χ0n) is 16.9. The van der Waals surface area contributed by atoms with Gasteiger partial charge in [-0.1, -0.05) is 30.1 Å². The van der Waals surface area contributed by atoms with E-state index in [1.807, 2.05) is 6.92 Å². The van der Waals surface area contributed by atoms with Crippen LogP contribution in [0.25, 0.3) is 0 Å². The number of amides is 3. The Morgan fingerprint density at radius 1 is 1.10 bits per heavy atom. The molecule has 0 aliphatic carbocycles. The van der Waals surface area contributed by atoms with E-state index in [1.54, 1.807) is 43.3 Å². The van der Waals surface area contributed by atoms with Crippen LogP contribution in [0.3, 0.4) is 0 Å². The summed E-state index contributed by atoms with van der Waals surface area (Å²) in [7, 11) is 0. The van der Waals surface area contributed by atoms with Crippen molar-refractivity contribution < 1.29 is 19.1 Å². The average molecular weight is 465 g/mol. The Labute approximate surface area is 189 Å². The van der Waals surface area contributed by atoms with Crippen molar-refractivity contribution in [3.63, 3.8) is 0 Å². The van der Waals surface area contributed by atoms with Gasteiger partial charge in [-0.25, -0.2) is 5.43 Å². The van der Waals surface area contributed by atoms with Crippen molar-refractivity contribution in [2.75, 3.05) is 11.9 Å². The predicted octanol–water partition coefficient (Wildman–Crippen LogP) is 3.38. The van der Waals surface area contributed by atoms with Crippen molar-refractivity contribution >= 4 is 52.8 Å². The fraction of sp³-hybridized carbons (Fsp3) is 0.238. The standard InChI is InChI=1S/C21H22Cl2N4O4/c1-3-13(2)25-20(29)21(30)27-24-11-14-4-7-16(8-5-14)31-12-19(28)26-18-9-6-15(22)10-17(18)23/h4-11,13H,3,12H2,1-2H3,(H,25,29)(H,26,28)(H,27,30)/b24-11-/t13-/m0/s1. The van der Waals surface area contributed by atoms with Gasteiger partial charge >= 0.3 is 11.8 Å². The fourth-order valence-corrected chi connectivity index (χ4v) is 2.64. The summed E-state index contributed by atoms with van der Waals surface area (Å²) in [4.78, 5) is 35.3. The Morgan fingerprint density at radius 2 is 1.81 bits per heavy atom. The van der Waals surface area contributed by atoms with Crippen LogP contribution < -0.4 is 20.8 Å². The second-order valence-electron chi connectivity index (χ2n) is 6.51. The lowest BCUT2D eigenvalue weighted by atomic mass is 10.2. The topological polar surface area (TPSA) is 109 Å². The Hall–Kier alpha value is -3.10. The van der Waals surface area contributed by atoms with Gasteiger partial charge in [0.05, 0.1) is 16.9 Å². The molecule has 2 rings (SSSR count). The molecule has 3 N–H and O–H groups in total. The number of hydrogen-bond acceptors (Lipinski definition) is 5. The van der Waals surface area contributed by atoms with E-state index < -0.39 is 11.8 Å². The van der Waals surface area contributed by atoms with Gasteiger partial charge in [0.25, 0.3) is 5.91 Å². The quantitative estimate of drug-likeness (QED) is 0.316. The normalized spacial score (nSPS) is 11.6. The van der Waals surface area contributed by atoms with Crippen LogP contribution in [-0.4, -0.2) is 36.6 Å². The molecule has 0 spiro atoms. The molecule has 0 unspecified atom stereocenters. The Bertz CT molecular complexity index is 964. The number of hydrazone groups is 1. The first kappa shape index (κ1) is 24.2. The first-order valence-electron chi connectivity index (χ1n) is 9.40. The van der Waals surface area contributed by atoms with Crippen molar-refractivity contribution in [3.8, 4) is 5.75 Å². The first-order valence-corrected chi connectivity index (χ1v) is 10.2. The van der Waals surface area contributed by atoms with Crippen molar-refractivity contribution in [1.82, 2.24) is 10.7 Å². The van der Waals surface area contributed by atoms with E-state index in [-0.39, 0.29) is 18.6 Å². The lowest BCUT2D eigenvalue weighted by Crippen LogP contribution is -2.41. The van der Waals surface area contributed by atoms with Gasteiger partial charge in [0.15, 0.2) is 6.61 Å². The number of carbonyl (C=O) groups excluding carboxylic acids is 3. The zero-order valence-corrected chi connectivity index (χ0v) is 18.5. The summed E-state index contributed by atoms with van der Waals surface area (Å²) in [6, 6.07) is 11.3. The molecule has 31 heavy (non-hydrogen) atoms. The number of nitrogens with zero attached hydrogens (tertiary/aromatic N) is 1. The molecule has 0 heterocycles. The van der Waals surface area contributed by atoms with Crippen molar-refractivity contribution in [2.45, 2.75) is 26.3 Å². The molecule has 0 aliphatic rings. The second kappa shape index (κ2) is 11.9. The third-order valence-electron chi connectivity index (χ3n) is 4.03. The number of ether oxygens (including phenoxy) is 1. The molecule has 1 atom stereocenters. The van der Waals surface area contributed by atoms with Crippen LogP contribution in [0.4, 0.5) is 5.69 Å². The van der Waals surface area contributed by atoms with Crippen molar-refractivity contribution in [2.24, 2.45) is 5.10 Å². The van der Waals surface area contributed by atoms with Gasteiger partial charge in [0.1, 0.15) is 5.75 Å². The molecule has 8 nitrogen and oxygen atoms in total. The molecule has 0 fully saturated rings. The summed E-state index contributed by atoms with van der Waals surface area (Å²) in [5, 5.41) is 9.72. The lowest BCUT2D eigenvalue weighted by Gasteiger charge is -2.09. The van der Waals surface area contributed by atoms with E-state index in [0.717, 1.165) is 0 Å². The van der Waals surface area contributed by atoms with E-state index in [4.69, 9.17) is 27.9 Å². The molecular formula is C21H22Cl2N4O4. The maximum absolute atomic E-state index is 12.0. The summed E-state index contributed by atoms with van der Waals surface area (Å²) in [6.07, 6.45) is 2.10. The lowest BCUT2D eigenvalue weighted by molar-refractivity contribution is -0.139. The summed E-state index contributed by atoms with van der Waals surface area (Å²) in [6.45, 7) is 3.48. The minimum absolute atomic E-state index is 0.0972. The number of benzene rings is 2. The highest BCUT2D eigenvalue weighted by Gasteiger charge is 2.14. The molecule has 164 valence electrons. The van der Waals surface area contributed by atoms with Crippen LogP contribution in [0.5, 0.6) is 5.75 Å². The Morgan fingerprint density at radius 3 is 2.45 bits per heavy atom. The van der Waals surface area contributed by atoms with Crippen LogP contribution >= 0.6 is 23.2 Å². The highest BCUT2D eigenvalue weighted by molar-refractivity contribution is 6.36. The number of rotatable bonds is 8. The third kappa shape index (κ3) is 8.27. The maximum Gasteiger partial charge on any atom is 0.329 e. The minimum atomic E-state index is -0.844. The van der Waals surface area contributed by atoms with Crippen molar-refractivity contribution in [1.29, 1.82) is 0 Å². The molecule has 2 aromatic rings. The van der Waals surface area contributed by atoms with Gasteiger partial charge in [-0.15, -0.1) is 0 Å². The van der Waals surface area contributed by atoms with Gasteiger partial charge < -0.3 is 15.4 Å². The number of halogens is 2. The SMILES string of the molecule is CC[C@H](C)NC(=O)C(=O)N/N=C\c1ccc(OCC(=O)Nc2ccc(Cl)cc2Cl)cc1. The second-order valence-corrected chi connectivity index (χ2v) is 7.36. The van der Waals surface area contributed by atoms with Gasteiger partial charge in [-0.3, -0.25) is 14.4 Å². The molecular weight excluding hydrogens is 443 g/mol. The monoisotopic (exact) mass is 464 g/mol. The summed E-state index contributed by atoms with van der Waals surface area (Å²) < 4.78 is 5.43. The van der Waals surface area contributed by atoms with Gasteiger partial charge in [-0.05, 0) is 61.4 Å². The molecule has 0 saturated heterocycles. The van der Waals surface area contributed by atoms with Gasteiger partial charge in [0, 0.05) is 11.1 Å². The molecule has 0 radical (unpaired) electrons. The molecule has 0 aromatic heterocycles. The molecule has 0 aliphatic heterocycles. The van der Waals surface area contributed by atoms with E-state index in [2.05, 4.69) is 21.2 Å². The first-order chi connectivity index (χ1) is 14.8. The average Bonchev–Trinajstić information content (AvgIpc) is 2.74. The Balaban J connectivity index is 1.79. The maximum atomic E-state index is 12.0. The number of hydrogen-bond donors (Lipinski definition) is 3. The van der Waals surface area contributed by atoms with E-state index in [9.17, 15) is 14.4 Å². The Kier molecular flexibility index (Phi) is 9.30. The highest BCUT2D eigenvalue weighted by atomic mass is 35.5. The molecule has 2 aromatic carbocycles. The summed E-state index contributed by atoms with van der Waals surface area (Å²) >= 11 is 11.8. The van der Waals surface area contributed by atoms with Crippen LogP contribution in [0.2, 0.25) is 10.0 Å². The number of carbonyl (C=O) groups is 3.